The third-order valence-electron chi connectivity index (χ3n) is 3.61. The molecule has 0 spiro atoms. The fourth-order valence-corrected chi connectivity index (χ4v) is 3.00. The Morgan fingerprint density at radius 3 is 2.52 bits per heavy atom. The number of aromatic nitrogens is 1. The normalized spacial score (nSPS) is 10.9. The average molecular weight is 504 g/mol. The van der Waals surface area contributed by atoms with Gasteiger partial charge in [-0.15, -0.1) is 35.3 Å². The number of nitrogens with one attached hydrogen (secondary N) is 2. The first-order valence-corrected chi connectivity index (χ1v) is 9.79. The molecule has 2 aromatic rings. The van der Waals surface area contributed by atoms with Crippen LogP contribution < -0.4 is 20.1 Å². The van der Waals surface area contributed by atoms with Crippen molar-refractivity contribution in [1.82, 2.24) is 15.6 Å². The van der Waals surface area contributed by atoms with E-state index in [4.69, 9.17) is 9.47 Å². The number of halogens is 1. The molecule has 1 heterocycles. The third kappa shape index (κ3) is 8.79. The Kier molecular flexibility index (Phi) is 11.8. The van der Waals surface area contributed by atoms with Gasteiger partial charge in [0, 0.05) is 24.2 Å². The third-order valence-corrected chi connectivity index (χ3v) is 4.73. The van der Waals surface area contributed by atoms with Crippen LogP contribution in [0.5, 0.6) is 11.5 Å². The Balaban J connectivity index is 0.00000364. The molecular formula is C19H29IN4O2S. The van der Waals surface area contributed by atoms with Crippen molar-refractivity contribution in [3.63, 3.8) is 0 Å². The van der Waals surface area contributed by atoms with Gasteiger partial charge in [0.2, 0.25) is 0 Å². The van der Waals surface area contributed by atoms with Gasteiger partial charge in [0.05, 0.1) is 20.3 Å². The first-order valence-electron chi connectivity index (χ1n) is 8.97. The van der Waals surface area contributed by atoms with Crippen molar-refractivity contribution in [2.24, 2.45) is 4.99 Å². The number of guanidine groups is 1. The molecule has 0 atom stereocenters. The zero-order valence-electron chi connectivity index (χ0n) is 16.2. The van der Waals surface area contributed by atoms with Crippen molar-refractivity contribution < 1.29 is 9.47 Å². The predicted octanol–water partition coefficient (Wildman–Crippen LogP) is 3.86. The highest BCUT2D eigenvalue weighted by molar-refractivity contribution is 14.0. The second kappa shape index (κ2) is 13.6. The molecule has 0 bridgehead atoms. The van der Waals surface area contributed by atoms with Crippen LogP contribution in [0.4, 0.5) is 0 Å². The number of aliphatic imine (C=N–C) groups is 1. The maximum atomic E-state index is 5.73. The van der Waals surface area contributed by atoms with Crippen LogP contribution >= 0.6 is 35.3 Å². The lowest BCUT2D eigenvalue weighted by Crippen LogP contribution is -2.38. The van der Waals surface area contributed by atoms with Gasteiger partial charge in [-0.1, -0.05) is 6.92 Å². The zero-order valence-corrected chi connectivity index (χ0v) is 19.3. The van der Waals surface area contributed by atoms with Crippen LogP contribution in [0, 0.1) is 0 Å². The van der Waals surface area contributed by atoms with Gasteiger partial charge >= 0.3 is 0 Å². The number of thiazole rings is 1. The summed E-state index contributed by atoms with van der Waals surface area (Å²) in [5.41, 5.74) is 0. The Hall–Kier alpha value is -1.55. The minimum absolute atomic E-state index is 0. The molecule has 1 aromatic carbocycles. The molecule has 6 nitrogen and oxygen atoms in total. The summed E-state index contributed by atoms with van der Waals surface area (Å²) in [6.07, 6.45) is 3.84. The molecule has 150 valence electrons. The summed E-state index contributed by atoms with van der Waals surface area (Å²) in [5.74, 6) is 2.49. The first-order chi connectivity index (χ1) is 12.7. The van der Waals surface area contributed by atoms with E-state index in [0.29, 0.717) is 13.2 Å². The minimum Gasteiger partial charge on any atom is -0.497 e. The van der Waals surface area contributed by atoms with E-state index in [1.54, 1.807) is 18.4 Å². The first kappa shape index (κ1) is 23.5. The van der Waals surface area contributed by atoms with Crippen LogP contribution in [-0.4, -0.2) is 37.7 Å². The van der Waals surface area contributed by atoms with Crippen LogP contribution in [0.25, 0.3) is 0 Å². The number of methoxy groups -OCH3 is 1. The molecule has 2 N–H and O–H groups in total. The fourth-order valence-electron chi connectivity index (χ4n) is 2.21. The van der Waals surface area contributed by atoms with Crippen molar-refractivity contribution in [3.05, 3.63) is 40.3 Å². The predicted molar refractivity (Wildman–Crippen MR) is 123 cm³/mol. The second-order valence-corrected chi connectivity index (χ2v) is 6.77. The molecule has 2 rings (SSSR count). The Labute approximate surface area is 182 Å². The molecule has 0 amide bonds. The molecule has 0 aliphatic heterocycles. The van der Waals surface area contributed by atoms with E-state index in [1.807, 2.05) is 30.5 Å². The van der Waals surface area contributed by atoms with E-state index in [2.05, 4.69) is 34.5 Å². The number of rotatable bonds is 10. The van der Waals surface area contributed by atoms with Crippen LogP contribution in [0.2, 0.25) is 0 Å². The van der Waals surface area contributed by atoms with Gasteiger partial charge in [-0.3, -0.25) is 0 Å². The second-order valence-electron chi connectivity index (χ2n) is 5.57. The van der Waals surface area contributed by atoms with Gasteiger partial charge in [0.15, 0.2) is 5.96 Å². The number of nitrogens with zero attached hydrogens (tertiary/aromatic N) is 2. The monoisotopic (exact) mass is 504 g/mol. The average Bonchev–Trinajstić information content (AvgIpc) is 3.14. The smallest absolute Gasteiger partial charge is 0.191 e. The van der Waals surface area contributed by atoms with E-state index in [1.165, 1.54) is 4.88 Å². The lowest BCUT2D eigenvalue weighted by Gasteiger charge is -2.11. The van der Waals surface area contributed by atoms with Gasteiger partial charge < -0.3 is 20.1 Å². The van der Waals surface area contributed by atoms with E-state index in [-0.39, 0.29) is 24.0 Å². The summed E-state index contributed by atoms with van der Waals surface area (Å²) in [5, 5.41) is 7.63. The molecule has 0 saturated carbocycles. The van der Waals surface area contributed by atoms with Crippen molar-refractivity contribution in [1.29, 1.82) is 0 Å². The highest BCUT2D eigenvalue weighted by Gasteiger charge is 2.02. The highest BCUT2D eigenvalue weighted by Crippen LogP contribution is 2.17. The van der Waals surface area contributed by atoms with Crippen molar-refractivity contribution in [2.75, 3.05) is 26.8 Å². The van der Waals surface area contributed by atoms with E-state index >= 15 is 0 Å². The summed E-state index contributed by atoms with van der Waals surface area (Å²) in [4.78, 5) is 10.3. The summed E-state index contributed by atoms with van der Waals surface area (Å²) in [6.45, 7) is 7.06. The molecule has 0 aliphatic rings. The van der Waals surface area contributed by atoms with Crippen LogP contribution in [0.1, 0.15) is 30.2 Å². The number of aryl methyl sites for hydroxylation is 1. The lowest BCUT2D eigenvalue weighted by atomic mass is 10.3. The van der Waals surface area contributed by atoms with Crippen LogP contribution in [0.15, 0.2) is 35.5 Å². The van der Waals surface area contributed by atoms with Crippen molar-refractivity contribution >= 4 is 41.3 Å². The Bertz CT molecular complexity index is 677. The van der Waals surface area contributed by atoms with Gasteiger partial charge in [0.25, 0.3) is 0 Å². The van der Waals surface area contributed by atoms with Crippen LogP contribution in [-0.2, 0) is 13.0 Å². The quantitative estimate of drug-likeness (QED) is 0.223. The minimum atomic E-state index is 0. The molecule has 27 heavy (non-hydrogen) atoms. The summed E-state index contributed by atoms with van der Waals surface area (Å²) in [7, 11) is 1.66. The Morgan fingerprint density at radius 1 is 1.15 bits per heavy atom. The Morgan fingerprint density at radius 2 is 1.89 bits per heavy atom. The van der Waals surface area contributed by atoms with Gasteiger partial charge in [-0.25, -0.2) is 9.98 Å². The number of hydrogen-bond acceptors (Lipinski definition) is 5. The maximum Gasteiger partial charge on any atom is 0.191 e. The standard InChI is InChI=1S/C19H28N4O2S.HI/c1-4-17-13-22-18(26-17)14-23-19(20-5-2)21-11-6-12-25-16-9-7-15(24-3)8-10-16;/h7-10,13H,4-6,11-12,14H2,1-3H3,(H2,20,21,23);1H. The van der Waals surface area contributed by atoms with E-state index in [9.17, 15) is 0 Å². The SMILES string of the molecule is CCNC(=NCc1ncc(CC)s1)NCCCOc1ccc(OC)cc1.I. The molecule has 0 radical (unpaired) electrons. The molecule has 0 saturated heterocycles. The topological polar surface area (TPSA) is 67.8 Å². The summed E-state index contributed by atoms with van der Waals surface area (Å²) >= 11 is 1.72. The zero-order chi connectivity index (χ0) is 18.6. The molecule has 1 aromatic heterocycles. The number of ether oxygens (including phenoxy) is 2. The summed E-state index contributed by atoms with van der Waals surface area (Å²) < 4.78 is 10.9. The molecule has 0 unspecified atom stereocenters. The molecule has 0 aliphatic carbocycles. The van der Waals surface area contributed by atoms with Gasteiger partial charge in [-0.2, -0.15) is 0 Å². The fraction of sp³-hybridized carbons (Fsp3) is 0.474. The lowest BCUT2D eigenvalue weighted by molar-refractivity contribution is 0.310. The van der Waals surface area contributed by atoms with E-state index in [0.717, 1.165) is 48.4 Å². The molecule has 8 heteroatoms. The van der Waals surface area contributed by atoms with Crippen molar-refractivity contribution in [2.45, 2.75) is 33.2 Å². The van der Waals surface area contributed by atoms with E-state index < -0.39 is 0 Å². The number of hydrogen-bond donors (Lipinski definition) is 2. The largest absolute Gasteiger partial charge is 0.497 e. The maximum absolute atomic E-state index is 5.73. The number of benzene rings is 1. The van der Waals surface area contributed by atoms with Crippen molar-refractivity contribution in [3.8, 4) is 11.5 Å². The summed E-state index contributed by atoms with van der Waals surface area (Å²) in [6, 6.07) is 7.62. The molecule has 0 fully saturated rings. The highest BCUT2D eigenvalue weighted by atomic mass is 127. The van der Waals surface area contributed by atoms with Crippen LogP contribution in [0.3, 0.4) is 0 Å². The van der Waals surface area contributed by atoms with Gasteiger partial charge in [0.1, 0.15) is 16.5 Å². The molecular weight excluding hydrogens is 475 g/mol. The van der Waals surface area contributed by atoms with Gasteiger partial charge in [-0.05, 0) is 44.0 Å².